The van der Waals surface area contributed by atoms with E-state index in [1.54, 1.807) is 12.1 Å². The Bertz CT molecular complexity index is 1380. The van der Waals surface area contributed by atoms with Crippen molar-refractivity contribution in [2.75, 3.05) is 5.32 Å². The number of aliphatic carboxylic acids is 1. The van der Waals surface area contributed by atoms with E-state index in [0.29, 0.717) is 28.2 Å². The lowest BCUT2D eigenvalue weighted by atomic mass is 9.88. The molecular formula is C26H20F2N2O3S. The largest absolute Gasteiger partial charge is 0.481 e. The van der Waals surface area contributed by atoms with Crippen LogP contribution in [-0.2, 0) is 4.79 Å². The fourth-order valence-electron chi connectivity index (χ4n) is 4.49. The van der Waals surface area contributed by atoms with Crippen molar-refractivity contribution in [2.24, 2.45) is 11.8 Å². The molecule has 1 fully saturated rings. The van der Waals surface area contributed by atoms with Crippen LogP contribution >= 0.6 is 11.3 Å². The van der Waals surface area contributed by atoms with Gasteiger partial charge >= 0.3 is 5.97 Å². The van der Waals surface area contributed by atoms with Gasteiger partial charge in [-0.1, -0.05) is 54.2 Å². The van der Waals surface area contributed by atoms with Crippen LogP contribution in [0.2, 0.25) is 0 Å². The van der Waals surface area contributed by atoms with Crippen molar-refractivity contribution in [3.8, 4) is 11.1 Å². The van der Waals surface area contributed by atoms with Crippen LogP contribution < -0.4 is 5.32 Å². The molecule has 1 saturated carbocycles. The van der Waals surface area contributed by atoms with E-state index >= 15 is 0 Å². The summed E-state index contributed by atoms with van der Waals surface area (Å²) in [6, 6.07) is 16.8. The van der Waals surface area contributed by atoms with E-state index in [4.69, 9.17) is 0 Å². The molecule has 4 aromatic rings. The Labute approximate surface area is 198 Å². The molecule has 3 aromatic carbocycles. The fraction of sp³-hybridized carbons (Fsp3) is 0.192. The highest BCUT2D eigenvalue weighted by Crippen LogP contribution is 2.35. The van der Waals surface area contributed by atoms with Crippen molar-refractivity contribution in [2.45, 2.75) is 19.3 Å². The van der Waals surface area contributed by atoms with Crippen molar-refractivity contribution in [3.05, 3.63) is 77.9 Å². The summed E-state index contributed by atoms with van der Waals surface area (Å²) in [5.41, 5.74) is 3.26. The number of benzene rings is 3. The number of nitrogens with one attached hydrogen (secondary N) is 1. The average molecular weight is 479 g/mol. The number of carboxylic acid groups (broad SMARTS) is 1. The summed E-state index contributed by atoms with van der Waals surface area (Å²) in [7, 11) is 0. The minimum Gasteiger partial charge on any atom is -0.481 e. The zero-order chi connectivity index (χ0) is 23.8. The number of carboxylic acids is 1. The van der Waals surface area contributed by atoms with Crippen molar-refractivity contribution >= 4 is 44.1 Å². The van der Waals surface area contributed by atoms with Crippen molar-refractivity contribution in [1.29, 1.82) is 0 Å². The maximum atomic E-state index is 13.9. The summed E-state index contributed by atoms with van der Waals surface area (Å²) in [4.78, 5) is 28.4. The highest BCUT2D eigenvalue weighted by Gasteiger charge is 2.37. The molecule has 34 heavy (non-hydrogen) atoms. The number of nitrogens with zero attached hydrogens (tertiary/aromatic N) is 1. The SMILES string of the molecule is O=C(O)[C@@H]1CCC[C@H]1C(=O)c1ccc(-c2ccc(Nc3nc4c(F)cc(F)cc4s3)cc2)cc1. The smallest absolute Gasteiger partial charge is 0.307 e. The van der Waals surface area contributed by atoms with Crippen LogP contribution in [0.4, 0.5) is 19.6 Å². The summed E-state index contributed by atoms with van der Waals surface area (Å²) < 4.78 is 27.7. The monoisotopic (exact) mass is 478 g/mol. The molecule has 0 radical (unpaired) electrons. The van der Waals surface area contributed by atoms with Crippen molar-refractivity contribution in [1.82, 2.24) is 4.98 Å². The number of hydrogen-bond acceptors (Lipinski definition) is 5. The first-order chi connectivity index (χ1) is 16.4. The van der Waals surface area contributed by atoms with E-state index in [0.717, 1.165) is 29.3 Å². The Kier molecular flexibility index (Phi) is 5.83. The number of ketones is 1. The fourth-order valence-corrected chi connectivity index (χ4v) is 5.42. The second kappa shape index (κ2) is 8.95. The lowest BCUT2D eigenvalue weighted by molar-refractivity contribution is -0.142. The van der Waals surface area contributed by atoms with E-state index in [1.165, 1.54) is 17.4 Å². The predicted molar refractivity (Wildman–Crippen MR) is 127 cm³/mol. The van der Waals surface area contributed by atoms with Crippen LogP contribution in [-0.4, -0.2) is 21.8 Å². The number of carbonyl (C=O) groups is 2. The predicted octanol–water partition coefficient (Wildman–Crippen LogP) is 6.67. The molecule has 0 amide bonds. The number of aromatic nitrogens is 1. The van der Waals surface area contributed by atoms with Crippen molar-refractivity contribution in [3.63, 3.8) is 0 Å². The lowest BCUT2D eigenvalue weighted by Crippen LogP contribution is -2.25. The van der Waals surface area contributed by atoms with E-state index < -0.39 is 29.4 Å². The molecule has 2 N–H and O–H groups in total. The number of hydrogen-bond donors (Lipinski definition) is 2. The van der Waals surface area contributed by atoms with Gasteiger partial charge < -0.3 is 10.4 Å². The molecule has 0 unspecified atom stereocenters. The molecule has 1 heterocycles. The number of anilines is 2. The summed E-state index contributed by atoms with van der Waals surface area (Å²) in [6.45, 7) is 0. The summed E-state index contributed by atoms with van der Waals surface area (Å²) in [5, 5.41) is 12.9. The first-order valence-electron chi connectivity index (χ1n) is 10.9. The lowest BCUT2D eigenvalue weighted by Gasteiger charge is -2.14. The maximum Gasteiger partial charge on any atom is 0.307 e. The first-order valence-corrected chi connectivity index (χ1v) is 11.7. The zero-order valence-electron chi connectivity index (χ0n) is 17.9. The molecule has 2 atom stereocenters. The van der Waals surface area contributed by atoms with E-state index in [9.17, 15) is 23.5 Å². The quantitative estimate of drug-likeness (QED) is 0.303. The Morgan fingerprint density at radius 2 is 1.59 bits per heavy atom. The van der Waals surface area contributed by atoms with Crippen LogP contribution in [0.5, 0.6) is 0 Å². The van der Waals surface area contributed by atoms with Crippen LogP contribution in [0.3, 0.4) is 0 Å². The number of carbonyl (C=O) groups excluding carboxylic acids is 1. The molecule has 1 aliphatic carbocycles. The molecule has 1 aromatic heterocycles. The maximum absolute atomic E-state index is 13.9. The van der Waals surface area contributed by atoms with Gasteiger partial charge in [-0.3, -0.25) is 9.59 Å². The second-order valence-electron chi connectivity index (χ2n) is 8.38. The molecular weight excluding hydrogens is 458 g/mol. The molecule has 8 heteroatoms. The topological polar surface area (TPSA) is 79.3 Å². The molecule has 1 aliphatic rings. The number of halogens is 2. The number of rotatable bonds is 6. The molecule has 0 aliphatic heterocycles. The van der Waals surface area contributed by atoms with Gasteiger partial charge in [0.25, 0.3) is 0 Å². The molecule has 172 valence electrons. The molecule has 0 spiro atoms. The summed E-state index contributed by atoms with van der Waals surface area (Å²) in [5.74, 6) is -3.39. The van der Waals surface area contributed by atoms with Gasteiger partial charge in [-0.05, 0) is 42.2 Å². The van der Waals surface area contributed by atoms with E-state index in [2.05, 4.69) is 10.3 Å². The third-order valence-electron chi connectivity index (χ3n) is 6.22. The summed E-state index contributed by atoms with van der Waals surface area (Å²) in [6.07, 6.45) is 1.92. The van der Waals surface area contributed by atoms with Gasteiger partial charge in [0.05, 0.1) is 10.6 Å². The van der Waals surface area contributed by atoms with Crippen LogP contribution in [0.1, 0.15) is 29.6 Å². The van der Waals surface area contributed by atoms with Crippen molar-refractivity contribution < 1.29 is 23.5 Å². The minimum absolute atomic E-state index is 0.108. The Hall–Kier alpha value is -3.65. The Balaban J connectivity index is 1.29. The highest BCUT2D eigenvalue weighted by atomic mass is 32.1. The minimum atomic E-state index is -0.899. The summed E-state index contributed by atoms with van der Waals surface area (Å²) >= 11 is 1.17. The number of fused-ring (bicyclic) bond motifs is 1. The molecule has 5 nitrogen and oxygen atoms in total. The van der Waals surface area contributed by atoms with Gasteiger partial charge in [0.1, 0.15) is 11.3 Å². The molecule has 0 saturated heterocycles. The molecule has 5 rings (SSSR count). The van der Waals surface area contributed by atoms with Crippen LogP contribution in [0.15, 0.2) is 60.7 Å². The Morgan fingerprint density at radius 1 is 0.941 bits per heavy atom. The van der Waals surface area contributed by atoms with E-state index in [-0.39, 0.29) is 11.3 Å². The van der Waals surface area contributed by atoms with Gasteiger partial charge in [-0.2, -0.15) is 0 Å². The molecule has 0 bridgehead atoms. The van der Waals surface area contributed by atoms with Gasteiger partial charge in [0, 0.05) is 23.2 Å². The second-order valence-corrected chi connectivity index (χ2v) is 9.41. The normalized spacial score (nSPS) is 17.7. The number of thiazole rings is 1. The zero-order valence-corrected chi connectivity index (χ0v) is 18.7. The highest BCUT2D eigenvalue weighted by molar-refractivity contribution is 7.22. The van der Waals surface area contributed by atoms with E-state index in [1.807, 2.05) is 36.4 Å². The first kappa shape index (κ1) is 22.2. The van der Waals surface area contributed by atoms with Crippen LogP contribution in [0.25, 0.3) is 21.3 Å². The number of Topliss-reactive ketones (excluding diaryl/α,β-unsaturated/α-hetero) is 1. The van der Waals surface area contributed by atoms with Gasteiger partial charge in [-0.25, -0.2) is 13.8 Å². The van der Waals surface area contributed by atoms with Gasteiger partial charge in [-0.15, -0.1) is 0 Å². The third-order valence-corrected chi connectivity index (χ3v) is 7.14. The average Bonchev–Trinajstić information content (AvgIpc) is 3.47. The van der Waals surface area contributed by atoms with Crippen LogP contribution in [0, 0.1) is 23.5 Å². The Morgan fingerprint density at radius 3 is 2.26 bits per heavy atom. The third kappa shape index (κ3) is 4.28. The van der Waals surface area contributed by atoms with Gasteiger partial charge in [0.2, 0.25) is 0 Å². The standard InChI is InChI=1S/C26H20F2N2O3S/c27-17-12-21(28)23-22(13-17)34-26(30-23)29-18-10-8-15(9-11-18)14-4-6-16(7-5-14)24(31)19-2-1-3-20(19)25(32)33/h4-13,19-20H,1-3H2,(H,29,30)(H,32,33)/t19-,20-/m1/s1. The van der Waals surface area contributed by atoms with Gasteiger partial charge in [0.15, 0.2) is 16.7 Å².